The molecule has 0 aliphatic heterocycles. The van der Waals surface area contributed by atoms with Crippen LogP contribution in [0, 0.1) is 0 Å². The van der Waals surface area contributed by atoms with Crippen molar-refractivity contribution < 1.29 is 57.3 Å². The average Bonchev–Trinajstić information content (AvgIpc) is 3.21. The van der Waals surface area contributed by atoms with Gasteiger partial charge in [-0.15, -0.1) is 0 Å². The quantitative estimate of drug-likeness (QED) is 0.0583. The third-order valence-corrected chi connectivity index (χ3v) is 52.0. The van der Waals surface area contributed by atoms with Gasteiger partial charge in [-0.1, -0.05) is 50.7 Å². The summed E-state index contributed by atoms with van der Waals surface area (Å²) in [7, 11) is -6.83. The van der Waals surface area contributed by atoms with E-state index in [0.717, 1.165) is 124 Å². The second-order valence-electron chi connectivity index (χ2n) is 23.2. The van der Waals surface area contributed by atoms with E-state index in [1.807, 2.05) is 0 Å². The molecule has 13 nitrogen and oxygen atoms in total. The maximum absolute atomic E-state index is 12.9. The molecule has 1 N–H and O–H groups in total. The number of hydrogen-bond donors (Lipinski definition) is 1. The molecule has 0 saturated heterocycles. The molecule has 67 heavy (non-hydrogen) atoms. The Balaban J connectivity index is 6.46. The molecule has 0 amide bonds. The number of hydrogen-bond acceptors (Lipinski definition) is 13. The second kappa shape index (κ2) is 30.3. The lowest BCUT2D eigenvalue weighted by Crippen LogP contribution is -2.57. The molecule has 0 aromatic carbocycles. The molecule has 23 heteroatoms. The summed E-state index contributed by atoms with van der Waals surface area (Å²) in [5.41, 5.74) is 0. The van der Waals surface area contributed by atoms with Crippen molar-refractivity contribution in [2.24, 2.45) is 0 Å². The first-order chi connectivity index (χ1) is 30.7. The summed E-state index contributed by atoms with van der Waals surface area (Å²) in [5, 5.41) is 12.2. The SMILES string of the molecule is CCCC(C)(O)[Si](CCC[Si](C)(C)O[Si](C)(C)CCC[Si](OC)(OC)OC)(CCC[Si](C)(C)O[Si](C)(C)CCC[Si](OC)(OC)OC)CCC[Si](C)(C)O[Si](C)(C)CCC[Si](OC)(OC)OC. The topological polar surface area (TPSA) is 131 Å². The third-order valence-electron chi connectivity index (χ3n) is 14.4. The van der Waals surface area contributed by atoms with Gasteiger partial charge in [0.25, 0.3) is 0 Å². The monoisotopic (exact) mass is 1130 g/mol. The molecule has 0 rings (SSSR count). The summed E-state index contributed by atoms with van der Waals surface area (Å²) in [6.07, 6.45) is 8.10. The van der Waals surface area contributed by atoms with Gasteiger partial charge in [0.05, 0.1) is 13.3 Å². The van der Waals surface area contributed by atoms with Crippen molar-refractivity contribution in [1.82, 2.24) is 0 Å². The fourth-order valence-electron chi connectivity index (χ4n) is 10.9. The van der Waals surface area contributed by atoms with E-state index < -0.39 is 89.6 Å². The predicted molar refractivity (Wildman–Crippen MR) is 305 cm³/mol. The molecule has 0 radical (unpaired) electrons. The van der Waals surface area contributed by atoms with Crippen molar-refractivity contribution in [2.45, 2.75) is 222 Å². The molecule has 0 bridgehead atoms. The lowest BCUT2D eigenvalue weighted by molar-refractivity contribution is 0.120. The molecule has 404 valence electrons. The van der Waals surface area contributed by atoms with Crippen molar-refractivity contribution in [1.29, 1.82) is 0 Å². The first-order valence-electron chi connectivity index (χ1n) is 25.5. The van der Waals surface area contributed by atoms with E-state index >= 15 is 0 Å². The molecule has 0 saturated carbocycles. The highest BCUT2D eigenvalue weighted by Gasteiger charge is 2.49. The van der Waals surface area contributed by atoms with E-state index in [0.29, 0.717) is 0 Å². The van der Waals surface area contributed by atoms with Crippen LogP contribution in [-0.2, 0) is 52.2 Å². The third kappa shape index (κ3) is 25.2. The van der Waals surface area contributed by atoms with E-state index in [2.05, 4.69) is 92.4 Å². The first kappa shape index (κ1) is 68.6. The van der Waals surface area contributed by atoms with Crippen LogP contribution in [0.25, 0.3) is 0 Å². The molecule has 0 aliphatic carbocycles. The number of rotatable bonds is 42. The number of aliphatic hydroxyl groups is 1. The Morgan fingerprint density at radius 2 is 0.493 bits per heavy atom. The molecule has 0 spiro atoms. The minimum absolute atomic E-state index is 0.662. The smallest absolute Gasteiger partial charge is 0.455 e. The van der Waals surface area contributed by atoms with E-state index in [4.69, 9.17) is 52.2 Å². The van der Waals surface area contributed by atoms with Gasteiger partial charge in [-0.05, 0) is 147 Å². The van der Waals surface area contributed by atoms with Gasteiger partial charge in [0, 0.05) is 82.1 Å². The van der Waals surface area contributed by atoms with Crippen LogP contribution in [0.3, 0.4) is 0 Å². The van der Waals surface area contributed by atoms with Gasteiger partial charge in [0.15, 0.2) is 49.9 Å². The molecular weight excluding hydrogens is 1020 g/mol. The lowest BCUT2D eigenvalue weighted by Gasteiger charge is -2.46. The highest BCUT2D eigenvalue weighted by Crippen LogP contribution is 2.43. The largest absolute Gasteiger partial charge is 0.500 e. The Labute approximate surface area is 424 Å². The second-order valence-corrected chi connectivity index (χ2v) is 64.2. The van der Waals surface area contributed by atoms with Gasteiger partial charge in [0.2, 0.25) is 0 Å². The maximum Gasteiger partial charge on any atom is 0.500 e. The molecule has 0 fully saturated rings. The molecule has 0 aliphatic rings. The van der Waals surface area contributed by atoms with Crippen LogP contribution >= 0.6 is 0 Å². The molecule has 1 atom stereocenters. The molecule has 0 heterocycles. The average molecular weight is 1130 g/mol. The Bertz CT molecular complexity index is 1170. The predicted octanol–water partition coefficient (Wildman–Crippen LogP) is 12.8. The van der Waals surface area contributed by atoms with Crippen LogP contribution in [0.2, 0.25) is 151 Å². The van der Waals surface area contributed by atoms with Crippen LogP contribution in [-0.4, -0.2) is 159 Å². The van der Waals surface area contributed by atoms with Crippen LogP contribution < -0.4 is 0 Å². The van der Waals surface area contributed by atoms with Gasteiger partial charge >= 0.3 is 26.4 Å². The summed E-state index contributed by atoms with van der Waals surface area (Å²) >= 11 is 0. The minimum atomic E-state index is -2.62. The van der Waals surface area contributed by atoms with Gasteiger partial charge in [-0.2, -0.15) is 0 Å². The molecule has 0 aromatic rings. The summed E-state index contributed by atoms with van der Waals surface area (Å²) in [6, 6.07) is 12.3. The van der Waals surface area contributed by atoms with E-state index in [1.165, 1.54) is 0 Å². The van der Waals surface area contributed by atoms with Crippen LogP contribution in [0.1, 0.15) is 65.2 Å². The highest BCUT2D eigenvalue weighted by molar-refractivity contribution is 6.87. The summed E-state index contributed by atoms with van der Waals surface area (Å²) in [5.74, 6) is 0. The van der Waals surface area contributed by atoms with Gasteiger partial charge in [-0.25, -0.2) is 0 Å². The Hall–Kier alpha value is 1.65. The first-order valence-corrected chi connectivity index (χ1v) is 52.6. The standard InChI is InChI=1S/C44H110O13Si10/c1-24-31-44(2,45)64(38-25-32-58(12,13)55-61(18,19)35-28-41-65(46-3,47-4)48-5,39-26-33-59(14,15)56-62(20,21)36-29-42-66(49-6,50-7)51-8)40-27-34-60(16,17)57-63(22,23)37-30-43-67(52-9,53-10)54-11/h45H,24-43H2,1-23H3. The van der Waals surface area contributed by atoms with Crippen molar-refractivity contribution in [3.05, 3.63) is 0 Å². The van der Waals surface area contributed by atoms with Crippen LogP contribution in [0.4, 0.5) is 0 Å². The highest BCUT2D eigenvalue weighted by atomic mass is 28.4. The normalized spacial score (nSPS) is 15.4. The maximum atomic E-state index is 12.9. The van der Waals surface area contributed by atoms with Gasteiger partial charge < -0.3 is 57.3 Å². The fraction of sp³-hybridized carbons (Fsp3) is 1.00. The Morgan fingerprint density at radius 3 is 0.657 bits per heavy atom. The molecule has 0 aromatic heterocycles. The van der Waals surface area contributed by atoms with Crippen molar-refractivity contribution in [2.75, 3.05) is 64.0 Å². The zero-order valence-electron chi connectivity index (χ0n) is 48.0. The van der Waals surface area contributed by atoms with Crippen LogP contribution in [0.5, 0.6) is 0 Å². The Kier molecular flexibility index (Phi) is 31.0. The van der Waals surface area contributed by atoms with E-state index in [9.17, 15) is 5.11 Å². The van der Waals surface area contributed by atoms with Crippen molar-refractivity contribution >= 4 is 84.4 Å². The summed E-state index contributed by atoms with van der Waals surface area (Å²) in [4.78, 5) is 0. The van der Waals surface area contributed by atoms with Crippen molar-refractivity contribution in [3.63, 3.8) is 0 Å². The van der Waals surface area contributed by atoms with E-state index in [1.54, 1.807) is 64.0 Å². The minimum Gasteiger partial charge on any atom is -0.455 e. The summed E-state index contributed by atoms with van der Waals surface area (Å²) in [6.45, 7) is 33.2. The van der Waals surface area contributed by atoms with Gasteiger partial charge in [0.1, 0.15) is 0 Å². The zero-order chi connectivity index (χ0) is 52.1. The zero-order valence-corrected chi connectivity index (χ0v) is 58.0. The van der Waals surface area contributed by atoms with E-state index in [-0.39, 0.29) is 0 Å². The lowest BCUT2D eigenvalue weighted by atomic mass is 10.2. The van der Waals surface area contributed by atoms with Crippen molar-refractivity contribution in [3.8, 4) is 0 Å². The van der Waals surface area contributed by atoms with Gasteiger partial charge in [-0.3, -0.25) is 0 Å². The molecule has 1 unspecified atom stereocenters. The summed E-state index contributed by atoms with van der Waals surface area (Å²) < 4.78 is 73.2. The Morgan fingerprint density at radius 1 is 0.313 bits per heavy atom. The molecular formula is C44H110O13Si10. The van der Waals surface area contributed by atoms with Crippen LogP contribution in [0.15, 0.2) is 0 Å². The fourth-order valence-corrected chi connectivity index (χ4v) is 50.5.